The van der Waals surface area contributed by atoms with Gasteiger partial charge in [0.2, 0.25) is 0 Å². The summed E-state index contributed by atoms with van der Waals surface area (Å²) in [7, 11) is 0. The van der Waals surface area contributed by atoms with Crippen LogP contribution in [0.5, 0.6) is 0 Å². The molecule has 3 heteroatoms. The summed E-state index contributed by atoms with van der Waals surface area (Å²) < 4.78 is 1.94. The molecule has 0 saturated heterocycles. The number of rotatable bonds is 1. The van der Waals surface area contributed by atoms with E-state index in [1.54, 1.807) is 18.3 Å². The van der Waals surface area contributed by atoms with Crippen molar-refractivity contribution in [1.29, 1.82) is 0 Å². The molecule has 0 fully saturated rings. The molecule has 0 unspecified atom stereocenters. The third-order valence-electron chi connectivity index (χ3n) is 3.14. The number of aromatic nitrogens is 2. The second-order valence-electron chi connectivity index (χ2n) is 4.51. The average molecular weight is 260 g/mol. The first-order chi connectivity index (χ1) is 9.78. The van der Waals surface area contributed by atoms with E-state index in [1.165, 1.54) is 0 Å². The van der Waals surface area contributed by atoms with Crippen molar-refractivity contribution in [2.45, 2.75) is 6.92 Å². The standard InChI is InChI=1S/C17H12N2O/c1-13-5-6-14(12-20)10-15(13)7-8-16-11-18-17-4-2-3-9-19(16)17/h2-6,9-12H,1H3. The van der Waals surface area contributed by atoms with Gasteiger partial charge in [0, 0.05) is 17.3 Å². The second kappa shape index (κ2) is 5.02. The fourth-order valence-corrected chi connectivity index (χ4v) is 2.00. The van der Waals surface area contributed by atoms with Crippen molar-refractivity contribution in [1.82, 2.24) is 9.38 Å². The highest BCUT2D eigenvalue weighted by Crippen LogP contribution is 2.10. The Morgan fingerprint density at radius 3 is 2.95 bits per heavy atom. The number of benzene rings is 1. The number of nitrogens with zero attached hydrogens (tertiary/aromatic N) is 2. The van der Waals surface area contributed by atoms with Gasteiger partial charge in [-0.3, -0.25) is 9.20 Å². The van der Waals surface area contributed by atoms with E-state index in [2.05, 4.69) is 16.8 Å². The van der Waals surface area contributed by atoms with Gasteiger partial charge >= 0.3 is 0 Å². The van der Waals surface area contributed by atoms with Gasteiger partial charge in [-0.15, -0.1) is 0 Å². The molecule has 20 heavy (non-hydrogen) atoms. The van der Waals surface area contributed by atoms with E-state index >= 15 is 0 Å². The molecule has 96 valence electrons. The van der Waals surface area contributed by atoms with Gasteiger partial charge in [0.05, 0.1) is 6.20 Å². The normalized spacial score (nSPS) is 10.1. The Morgan fingerprint density at radius 1 is 1.20 bits per heavy atom. The predicted molar refractivity (Wildman–Crippen MR) is 77.7 cm³/mol. The smallest absolute Gasteiger partial charge is 0.150 e. The van der Waals surface area contributed by atoms with Gasteiger partial charge in [-0.25, -0.2) is 4.98 Å². The summed E-state index contributed by atoms with van der Waals surface area (Å²) in [5.74, 6) is 6.22. The Kier molecular flexibility index (Phi) is 3.06. The largest absolute Gasteiger partial charge is 0.298 e. The lowest BCUT2D eigenvalue weighted by Crippen LogP contribution is -1.88. The fourth-order valence-electron chi connectivity index (χ4n) is 2.00. The van der Waals surface area contributed by atoms with Gasteiger partial charge in [-0.05, 0) is 36.6 Å². The molecule has 0 aliphatic carbocycles. The Labute approximate surface area is 116 Å². The molecule has 1 aromatic carbocycles. The topological polar surface area (TPSA) is 34.4 Å². The van der Waals surface area contributed by atoms with Crippen LogP contribution in [0.2, 0.25) is 0 Å². The van der Waals surface area contributed by atoms with Crippen LogP contribution in [0.4, 0.5) is 0 Å². The number of fused-ring (bicyclic) bond motifs is 1. The van der Waals surface area contributed by atoms with Gasteiger partial charge in [-0.2, -0.15) is 0 Å². The molecular formula is C17H12N2O. The van der Waals surface area contributed by atoms with Crippen molar-refractivity contribution in [2.75, 3.05) is 0 Å². The minimum absolute atomic E-state index is 0.637. The molecule has 3 nitrogen and oxygen atoms in total. The molecule has 3 aromatic rings. The lowest BCUT2D eigenvalue weighted by atomic mass is 10.1. The van der Waals surface area contributed by atoms with Crippen molar-refractivity contribution < 1.29 is 4.79 Å². The van der Waals surface area contributed by atoms with Crippen LogP contribution in [0.25, 0.3) is 5.65 Å². The summed E-state index contributed by atoms with van der Waals surface area (Å²) in [5, 5.41) is 0. The van der Waals surface area contributed by atoms with Crippen LogP contribution < -0.4 is 0 Å². The van der Waals surface area contributed by atoms with E-state index in [0.717, 1.165) is 28.8 Å². The van der Waals surface area contributed by atoms with Gasteiger partial charge in [0.1, 0.15) is 17.6 Å². The molecule has 0 atom stereocenters. The highest BCUT2D eigenvalue weighted by molar-refractivity contribution is 5.76. The minimum Gasteiger partial charge on any atom is -0.298 e. The Hall–Kier alpha value is -2.86. The second-order valence-corrected chi connectivity index (χ2v) is 4.51. The van der Waals surface area contributed by atoms with Crippen molar-refractivity contribution in [3.8, 4) is 11.8 Å². The van der Waals surface area contributed by atoms with Crippen LogP contribution in [0.3, 0.4) is 0 Å². The van der Waals surface area contributed by atoms with Crippen LogP contribution in [0, 0.1) is 18.8 Å². The first-order valence-corrected chi connectivity index (χ1v) is 6.28. The van der Waals surface area contributed by atoms with Crippen molar-refractivity contribution >= 4 is 11.9 Å². The van der Waals surface area contributed by atoms with E-state index in [9.17, 15) is 4.79 Å². The zero-order valence-corrected chi connectivity index (χ0v) is 11.0. The highest BCUT2D eigenvalue weighted by atomic mass is 16.1. The predicted octanol–water partition coefficient (Wildman–Crippen LogP) is 2.86. The van der Waals surface area contributed by atoms with E-state index in [1.807, 2.05) is 41.8 Å². The lowest BCUT2D eigenvalue weighted by molar-refractivity contribution is 0.112. The molecular weight excluding hydrogens is 248 g/mol. The molecule has 3 rings (SSSR count). The maximum absolute atomic E-state index is 10.8. The Balaban J connectivity index is 2.06. The van der Waals surface area contributed by atoms with E-state index < -0.39 is 0 Å². The lowest BCUT2D eigenvalue weighted by Gasteiger charge is -1.98. The van der Waals surface area contributed by atoms with Gasteiger partial charge in [0.25, 0.3) is 0 Å². The number of aldehydes is 1. The maximum Gasteiger partial charge on any atom is 0.150 e. The van der Waals surface area contributed by atoms with Gasteiger partial charge in [0.15, 0.2) is 0 Å². The first-order valence-electron chi connectivity index (χ1n) is 6.28. The molecule has 0 aliphatic rings. The number of carbonyl (C=O) groups is 1. The molecule has 2 heterocycles. The summed E-state index contributed by atoms with van der Waals surface area (Å²) >= 11 is 0. The van der Waals surface area contributed by atoms with Crippen LogP contribution in [-0.2, 0) is 0 Å². The van der Waals surface area contributed by atoms with Crippen LogP contribution in [0.1, 0.15) is 27.2 Å². The molecule has 0 bridgehead atoms. The first kappa shape index (κ1) is 12.2. The third kappa shape index (κ3) is 2.19. The van der Waals surface area contributed by atoms with Crippen LogP contribution >= 0.6 is 0 Å². The number of hydrogen-bond acceptors (Lipinski definition) is 2. The highest BCUT2D eigenvalue weighted by Gasteiger charge is 2.00. The zero-order valence-electron chi connectivity index (χ0n) is 11.0. The molecule has 0 radical (unpaired) electrons. The molecule has 0 N–H and O–H groups in total. The summed E-state index contributed by atoms with van der Waals surface area (Å²) in [5.41, 5.74) is 4.25. The minimum atomic E-state index is 0.637. The van der Waals surface area contributed by atoms with Crippen LogP contribution in [0.15, 0.2) is 48.8 Å². The van der Waals surface area contributed by atoms with E-state index in [0.29, 0.717) is 5.56 Å². The summed E-state index contributed by atoms with van der Waals surface area (Å²) in [6.45, 7) is 1.98. The number of hydrogen-bond donors (Lipinski definition) is 0. The number of carbonyl (C=O) groups excluding carboxylic acids is 1. The average Bonchev–Trinajstić information content (AvgIpc) is 2.90. The molecule has 0 aliphatic heterocycles. The van der Waals surface area contributed by atoms with Crippen LogP contribution in [-0.4, -0.2) is 15.7 Å². The van der Waals surface area contributed by atoms with Crippen molar-refractivity contribution in [3.05, 3.63) is 71.2 Å². The SMILES string of the molecule is Cc1ccc(C=O)cc1C#Cc1cnc2ccccn12. The molecule has 0 spiro atoms. The fraction of sp³-hybridized carbons (Fsp3) is 0.0588. The molecule has 0 saturated carbocycles. The Morgan fingerprint density at radius 2 is 2.10 bits per heavy atom. The van der Waals surface area contributed by atoms with Crippen molar-refractivity contribution in [2.24, 2.45) is 0 Å². The van der Waals surface area contributed by atoms with Crippen molar-refractivity contribution in [3.63, 3.8) is 0 Å². The number of imidazole rings is 1. The molecule has 2 aromatic heterocycles. The molecule has 0 amide bonds. The third-order valence-corrected chi connectivity index (χ3v) is 3.14. The van der Waals surface area contributed by atoms with Gasteiger partial charge in [-0.1, -0.05) is 24.1 Å². The van der Waals surface area contributed by atoms with E-state index in [4.69, 9.17) is 0 Å². The summed E-state index contributed by atoms with van der Waals surface area (Å²) in [6, 6.07) is 11.3. The number of pyridine rings is 1. The summed E-state index contributed by atoms with van der Waals surface area (Å²) in [6.07, 6.45) is 4.52. The monoisotopic (exact) mass is 260 g/mol. The zero-order chi connectivity index (χ0) is 13.9. The number of aryl methyl sites for hydroxylation is 1. The van der Waals surface area contributed by atoms with Gasteiger partial charge < -0.3 is 0 Å². The summed E-state index contributed by atoms with van der Waals surface area (Å²) in [4.78, 5) is 15.1. The maximum atomic E-state index is 10.8. The quantitative estimate of drug-likeness (QED) is 0.498. The Bertz CT molecular complexity index is 850. The van der Waals surface area contributed by atoms with E-state index in [-0.39, 0.29) is 0 Å².